The second-order valence-corrected chi connectivity index (χ2v) is 5.58. The number of hydrogen-bond acceptors (Lipinski definition) is 4. The molecule has 0 saturated heterocycles. The van der Waals surface area contributed by atoms with Gasteiger partial charge in [-0.3, -0.25) is 4.79 Å². The average Bonchev–Trinajstić information content (AvgIpc) is 3.13. The van der Waals surface area contributed by atoms with Crippen LogP contribution < -0.4 is 5.73 Å². The van der Waals surface area contributed by atoms with Crippen LogP contribution in [0.2, 0.25) is 0 Å². The van der Waals surface area contributed by atoms with Crippen LogP contribution in [0.3, 0.4) is 0 Å². The number of amides is 1. The van der Waals surface area contributed by atoms with Crippen molar-refractivity contribution in [3.8, 4) is 11.8 Å². The molecule has 0 saturated carbocycles. The Labute approximate surface area is 128 Å². The van der Waals surface area contributed by atoms with Crippen LogP contribution >= 0.6 is 11.3 Å². The molecule has 110 valence electrons. The lowest BCUT2D eigenvalue weighted by atomic mass is 10.3. The van der Waals surface area contributed by atoms with Crippen molar-refractivity contribution in [3.63, 3.8) is 0 Å². The Hall–Kier alpha value is -2.03. The van der Waals surface area contributed by atoms with E-state index in [1.165, 1.54) is 0 Å². The molecular formula is C16H18N2O2S. The van der Waals surface area contributed by atoms with Gasteiger partial charge in [0.1, 0.15) is 5.76 Å². The van der Waals surface area contributed by atoms with Gasteiger partial charge < -0.3 is 15.1 Å². The summed E-state index contributed by atoms with van der Waals surface area (Å²) in [6, 6.07) is 5.55. The maximum atomic E-state index is 12.2. The van der Waals surface area contributed by atoms with Gasteiger partial charge in [-0.1, -0.05) is 18.8 Å². The summed E-state index contributed by atoms with van der Waals surface area (Å²) in [5, 5.41) is 1.97. The van der Waals surface area contributed by atoms with Crippen LogP contribution in [-0.2, 0) is 13.0 Å². The quantitative estimate of drug-likeness (QED) is 0.883. The first-order chi connectivity index (χ1) is 10.1. The third-order valence-electron chi connectivity index (χ3n) is 2.95. The molecule has 2 rings (SSSR count). The van der Waals surface area contributed by atoms with Gasteiger partial charge in [-0.25, -0.2) is 0 Å². The fourth-order valence-corrected chi connectivity index (χ4v) is 2.73. The molecule has 0 atom stereocenters. The lowest BCUT2D eigenvalue weighted by Crippen LogP contribution is -2.25. The van der Waals surface area contributed by atoms with Gasteiger partial charge in [0.05, 0.1) is 13.1 Å². The first kappa shape index (κ1) is 15.4. The van der Waals surface area contributed by atoms with Crippen molar-refractivity contribution in [2.75, 3.05) is 13.6 Å². The van der Waals surface area contributed by atoms with E-state index in [-0.39, 0.29) is 5.91 Å². The van der Waals surface area contributed by atoms with Crippen LogP contribution in [-0.4, -0.2) is 24.4 Å². The first-order valence-electron chi connectivity index (χ1n) is 6.74. The Balaban J connectivity index is 2.01. The van der Waals surface area contributed by atoms with E-state index in [2.05, 4.69) is 11.8 Å². The Kier molecular flexibility index (Phi) is 5.20. The van der Waals surface area contributed by atoms with Crippen molar-refractivity contribution >= 4 is 17.2 Å². The molecular weight excluding hydrogens is 284 g/mol. The molecule has 0 radical (unpaired) electrons. The number of carbonyl (C=O) groups is 1. The Morgan fingerprint density at radius 1 is 1.48 bits per heavy atom. The van der Waals surface area contributed by atoms with E-state index in [0.29, 0.717) is 18.8 Å². The molecule has 0 spiro atoms. The summed E-state index contributed by atoms with van der Waals surface area (Å²) >= 11 is 1.58. The molecule has 0 fully saturated rings. The molecule has 2 heterocycles. The number of nitrogens with zero attached hydrogens (tertiary/aromatic N) is 1. The van der Waals surface area contributed by atoms with E-state index in [1.54, 1.807) is 29.4 Å². The van der Waals surface area contributed by atoms with Gasteiger partial charge in [0.15, 0.2) is 5.76 Å². The largest absolute Gasteiger partial charge is 0.456 e. The molecule has 4 nitrogen and oxygen atoms in total. The lowest BCUT2D eigenvalue weighted by molar-refractivity contribution is 0.0753. The highest BCUT2D eigenvalue weighted by Crippen LogP contribution is 2.17. The smallest absolute Gasteiger partial charge is 0.289 e. The van der Waals surface area contributed by atoms with Crippen LogP contribution in [0.1, 0.15) is 33.7 Å². The summed E-state index contributed by atoms with van der Waals surface area (Å²) in [4.78, 5) is 15.0. The number of carbonyl (C=O) groups excluding carboxylic acids is 1. The maximum Gasteiger partial charge on any atom is 0.289 e. The fraction of sp³-hybridized carbons (Fsp3) is 0.312. The van der Waals surface area contributed by atoms with Gasteiger partial charge in [0, 0.05) is 29.3 Å². The minimum atomic E-state index is -0.113. The summed E-state index contributed by atoms with van der Waals surface area (Å²) in [6.07, 6.45) is 0.783. The normalized spacial score (nSPS) is 10.0. The van der Waals surface area contributed by atoms with Crippen molar-refractivity contribution in [3.05, 3.63) is 45.5 Å². The molecule has 0 aliphatic heterocycles. The van der Waals surface area contributed by atoms with E-state index in [0.717, 1.165) is 22.6 Å². The molecule has 0 aromatic carbocycles. The van der Waals surface area contributed by atoms with Crippen molar-refractivity contribution in [2.24, 2.45) is 5.73 Å². The molecule has 1 amide bonds. The predicted octanol–water partition coefficient (Wildman–Crippen LogP) is 2.49. The number of thiophene rings is 1. The number of hydrogen-bond donors (Lipinski definition) is 1. The van der Waals surface area contributed by atoms with Crippen molar-refractivity contribution in [1.82, 2.24) is 4.90 Å². The highest BCUT2D eigenvalue weighted by Gasteiger charge is 2.16. The van der Waals surface area contributed by atoms with Gasteiger partial charge >= 0.3 is 0 Å². The van der Waals surface area contributed by atoms with Crippen molar-refractivity contribution in [2.45, 2.75) is 19.9 Å². The van der Waals surface area contributed by atoms with Gasteiger partial charge in [-0.05, 0) is 18.2 Å². The Morgan fingerprint density at radius 3 is 2.95 bits per heavy atom. The number of rotatable bonds is 4. The van der Waals surface area contributed by atoms with E-state index in [1.807, 2.05) is 24.4 Å². The van der Waals surface area contributed by atoms with Gasteiger partial charge in [0.2, 0.25) is 0 Å². The van der Waals surface area contributed by atoms with Gasteiger partial charge in [-0.15, -0.1) is 11.3 Å². The average molecular weight is 302 g/mol. The van der Waals surface area contributed by atoms with Crippen LogP contribution in [0.5, 0.6) is 0 Å². The van der Waals surface area contributed by atoms with E-state index in [9.17, 15) is 4.79 Å². The standard InChI is InChI=1S/C16H18N2O2S/c1-3-13-6-7-15(20-13)16(19)18(2)10-14-9-12(11-21-14)5-4-8-17/h6-7,9,11H,3,8,10,17H2,1-2H3. The summed E-state index contributed by atoms with van der Waals surface area (Å²) in [6.45, 7) is 2.88. The summed E-state index contributed by atoms with van der Waals surface area (Å²) in [5.74, 6) is 6.89. The molecule has 0 unspecified atom stereocenters. The third kappa shape index (κ3) is 3.97. The van der Waals surface area contributed by atoms with E-state index < -0.39 is 0 Å². The Bertz CT molecular complexity index is 676. The molecule has 0 bridgehead atoms. The zero-order valence-corrected chi connectivity index (χ0v) is 13.0. The van der Waals surface area contributed by atoms with Crippen molar-refractivity contribution < 1.29 is 9.21 Å². The minimum absolute atomic E-state index is 0.113. The molecule has 0 aliphatic carbocycles. The second-order valence-electron chi connectivity index (χ2n) is 4.59. The summed E-state index contributed by atoms with van der Waals surface area (Å²) in [5.41, 5.74) is 6.29. The number of furan rings is 1. The van der Waals surface area contributed by atoms with Gasteiger partial charge in [0.25, 0.3) is 5.91 Å². The van der Waals surface area contributed by atoms with Crippen molar-refractivity contribution in [1.29, 1.82) is 0 Å². The highest BCUT2D eigenvalue weighted by molar-refractivity contribution is 7.10. The van der Waals surface area contributed by atoms with E-state index >= 15 is 0 Å². The van der Waals surface area contributed by atoms with Crippen LogP contribution in [0.4, 0.5) is 0 Å². The van der Waals surface area contributed by atoms with E-state index in [4.69, 9.17) is 10.2 Å². The van der Waals surface area contributed by atoms with Crippen LogP contribution in [0.25, 0.3) is 0 Å². The number of aryl methyl sites for hydroxylation is 1. The molecule has 21 heavy (non-hydrogen) atoms. The monoisotopic (exact) mass is 302 g/mol. The SMILES string of the molecule is CCc1ccc(C(=O)N(C)Cc2cc(C#CCN)cs2)o1. The third-order valence-corrected chi connectivity index (χ3v) is 3.87. The fourth-order valence-electron chi connectivity index (χ4n) is 1.86. The molecule has 0 aliphatic rings. The zero-order chi connectivity index (χ0) is 15.2. The molecule has 5 heteroatoms. The summed E-state index contributed by atoms with van der Waals surface area (Å²) in [7, 11) is 1.77. The zero-order valence-electron chi connectivity index (χ0n) is 12.2. The maximum absolute atomic E-state index is 12.2. The van der Waals surface area contributed by atoms with Crippen LogP contribution in [0.15, 0.2) is 28.0 Å². The summed E-state index contributed by atoms with van der Waals surface area (Å²) < 4.78 is 5.49. The number of nitrogens with two attached hydrogens (primary N) is 1. The Morgan fingerprint density at radius 2 is 2.29 bits per heavy atom. The molecule has 2 aromatic heterocycles. The second kappa shape index (κ2) is 7.11. The lowest BCUT2D eigenvalue weighted by Gasteiger charge is -2.14. The predicted molar refractivity (Wildman–Crippen MR) is 84.1 cm³/mol. The highest BCUT2D eigenvalue weighted by atomic mass is 32.1. The molecule has 2 aromatic rings. The van der Waals surface area contributed by atoms with Gasteiger partial charge in [-0.2, -0.15) is 0 Å². The van der Waals surface area contributed by atoms with Crippen LogP contribution in [0, 0.1) is 11.8 Å². The first-order valence-corrected chi connectivity index (χ1v) is 7.62. The minimum Gasteiger partial charge on any atom is -0.456 e. The molecule has 2 N–H and O–H groups in total. The topological polar surface area (TPSA) is 59.5 Å².